The van der Waals surface area contributed by atoms with Gasteiger partial charge in [0.05, 0.1) is 5.69 Å². The SMILES string of the molecule is CCN(CC)C(=O)N(C)c1ccccc1F. The van der Waals surface area contributed by atoms with Crippen LogP contribution in [0.1, 0.15) is 13.8 Å². The zero-order chi connectivity index (χ0) is 12.1. The van der Waals surface area contributed by atoms with E-state index in [-0.39, 0.29) is 11.8 Å². The zero-order valence-electron chi connectivity index (χ0n) is 9.90. The summed E-state index contributed by atoms with van der Waals surface area (Å²) in [4.78, 5) is 14.9. The first-order valence-corrected chi connectivity index (χ1v) is 5.39. The first-order chi connectivity index (χ1) is 7.61. The molecule has 0 radical (unpaired) electrons. The third kappa shape index (κ3) is 2.51. The Morgan fingerprint density at radius 2 is 1.81 bits per heavy atom. The molecule has 2 amide bonds. The molecule has 1 aromatic carbocycles. The molecular weight excluding hydrogens is 207 g/mol. The standard InChI is InChI=1S/C12H17FN2O/c1-4-15(5-2)12(16)14(3)11-9-7-6-8-10(11)13/h6-9H,4-5H2,1-3H3. The first-order valence-electron chi connectivity index (χ1n) is 5.39. The summed E-state index contributed by atoms with van der Waals surface area (Å²) in [6, 6.07) is 6.08. The molecule has 0 atom stereocenters. The van der Waals surface area contributed by atoms with Crippen LogP contribution in [0.15, 0.2) is 24.3 Å². The number of carbonyl (C=O) groups is 1. The van der Waals surface area contributed by atoms with Gasteiger partial charge in [-0.25, -0.2) is 9.18 Å². The van der Waals surface area contributed by atoms with Gasteiger partial charge in [-0.15, -0.1) is 0 Å². The Labute approximate surface area is 95.5 Å². The zero-order valence-corrected chi connectivity index (χ0v) is 9.90. The maximum atomic E-state index is 13.5. The number of benzene rings is 1. The lowest BCUT2D eigenvalue weighted by molar-refractivity contribution is 0.211. The van der Waals surface area contributed by atoms with Gasteiger partial charge in [-0.05, 0) is 26.0 Å². The summed E-state index contributed by atoms with van der Waals surface area (Å²) in [5.41, 5.74) is 0.305. The van der Waals surface area contributed by atoms with Crippen molar-refractivity contribution in [1.29, 1.82) is 0 Å². The summed E-state index contributed by atoms with van der Waals surface area (Å²) >= 11 is 0. The lowest BCUT2D eigenvalue weighted by Gasteiger charge is -2.26. The van der Waals surface area contributed by atoms with E-state index in [1.807, 2.05) is 13.8 Å². The molecular formula is C12H17FN2O. The van der Waals surface area contributed by atoms with E-state index < -0.39 is 0 Å². The average Bonchev–Trinajstić information content (AvgIpc) is 2.30. The van der Waals surface area contributed by atoms with Crippen LogP contribution in [0.2, 0.25) is 0 Å². The van der Waals surface area contributed by atoms with Crippen molar-refractivity contribution >= 4 is 11.7 Å². The largest absolute Gasteiger partial charge is 0.325 e. The quantitative estimate of drug-likeness (QED) is 0.774. The van der Waals surface area contributed by atoms with E-state index in [1.165, 1.54) is 11.0 Å². The fraction of sp³-hybridized carbons (Fsp3) is 0.417. The molecule has 0 aliphatic rings. The normalized spacial score (nSPS) is 10.0. The van der Waals surface area contributed by atoms with Crippen LogP contribution in [0.3, 0.4) is 0 Å². The number of rotatable bonds is 3. The highest BCUT2D eigenvalue weighted by molar-refractivity contribution is 5.91. The predicted octanol–water partition coefficient (Wildman–Crippen LogP) is 2.72. The van der Waals surface area contributed by atoms with Crippen LogP contribution >= 0.6 is 0 Å². The predicted molar refractivity (Wildman–Crippen MR) is 63.1 cm³/mol. The smallest absolute Gasteiger partial charge is 0.324 e. The van der Waals surface area contributed by atoms with E-state index in [9.17, 15) is 9.18 Å². The Hall–Kier alpha value is -1.58. The number of halogens is 1. The van der Waals surface area contributed by atoms with Crippen LogP contribution in [0.5, 0.6) is 0 Å². The van der Waals surface area contributed by atoms with E-state index in [1.54, 1.807) is 30.1 Å². The van der Waals surface area contributed by atoms with Gasteiger partial charge in [0.25, 0.3) is 0 Å². The van der Waals surface area contributed by atoms with E-state index in [0.717, 1.165) is 0 Å². The number of anilines is 1. The number of hydrogen-bond donors (Lipinski definition) is 0. The van der Waals surface area contributed by atoms with Gasteiger partial charge >= 0.3 is 6.03 Å². The third-order valence-electron chi connectivity index (χ3n) is 2.53. The van der Waals surface area contributed by atoms with Crippen LogP contribution in [0.25, 0.3) is 0 Å². The maximum absolute atomic E-state index is 13.5. The molecule has 0 unspecified atom stereocenters. The van der Waals surface area contributed by atoms with Gasteiger partial charge in [0, 0.05) is 20.1 Å². The van der Waals surface area contributed by atoms with Gasteiger partial charge < -0.3 is 4.90 Å². The minimum Gasteiger partial charge on any atom is -0.325 e. The highest BCUT2D eigenvalue weighted by Crippen LogP contribution is 2.18. The lowest BCUT2D eigenvalue weighted by atomic mass is 10.3. The van der Waals surface area contributed by atoms with E-state index in [4.69, 9.17) is 0 Å². The molecule has 0 aromatic heterocycles. The number of amides is 2. The Balaban J connectivity index is 2.90. The van der Waals surface area contributed by atoms with Crippen molar-refractivity contribution in [2.24, 2.45) is 0 Å². The molecule has 1 rings (SSSR count). The van der Waals surface area contributed by atoms with Gasteiger partial charge in [0.2, 0.25) is 0 Å². The van der Waals surface area contributed by atoms with Gasteiger partial charge in [0.15, 0.2) is 0 Å². The second-order valence-electron chi connectivity index (χ2n) is 3.47. The molecule has 0 bridgehead atoms. The molecule has 16 heavy (non-hydrogen) atoms. The highest BCUT2D eigenvalue weighted by Gasteiger charge is 2.18. The summed E-state index contributed by atoms with van der Waals surface area (Å²) in [7, 11) is 1.58. The van der Waals surface area contributed by atoms with Crippen molar-refractivity contribution in [2.75, 3.05) is 25.0 Å². The molecule has 0 aliphatic carbocycles. The Morgan fingerprint density at radius 3 is 2.31 bits per heavy atom. The van der Waals surface area contributed by atoms with Crippen molar-refractivity contribution in [3.8, 4) is 0 Å². The van der Waals surface area contributed by atoms with Gasteiger partial charge in [0.1, 0.15) is 5.82 Å². The Morgan fingerprint density at radius 1 is 1.25 bits per heavy atom. The minimum atomic E-state index is -0.384. The molecule has 88 valence electrons. The van der Waals surface area contributed by atoms with E-state index in [2.05, 4.69) is 0 Å². The topological polar surface area (TPSA) is 23.6 Å². The van der Waals surface area contributed by atoms with Crippen molar-refractivity contribution in [3.63, 3.8) is 0 Å². The van der Waals surface area contributed by atoms with E-state index in [0.29, 0.717) is 18.8 Å². The highest BCUT2D eigenvalue weighted by atomic mass is 19.1. The first kappa shape index (κ1) is 12.5. The molecule has 0 spiro atoms. The van der Waals surface area contributed by atoms with Crippen molar-refractivity contribution in [3.05, 3.63) is 30.1 Å². The number of nitrogens with zero attached hydrogens (tertiary/aromatic N) is 2. The van der Waals surface area contributed by atoms with Crippen LogP contribution in [-0.4, -0.2) is 31.1 Å². The second kappa shape index (κ2) is 5.49. The van der Waals surface area contributed by atoms with Crippen molar-refractivity contribution < 1.29 is 9.18 Å². The Bertz CT molecular complexity index is 364. The van der Waals surface area contributed by atoms with Gasteiger partial charge in [-0.2, -0.15) is 0 Å². The number of urea groups is 1. The Kier molecular flexibility index (Phi) is 4.28. The molecule has 3 nitrogen and oxygen atoms in total. The number of para-hydroxylation sites is 1. The fourth-order valence-electron chi connectivity index (χ4n) is 1.53. The minimum absolute atomic E-state index is 0.185. The summed E-state index contributed by atoms with van der Waals surface area (Å²) < 4.78 is 13.5. The summed E-state index contributed by atoms with van der Waals surface area (Å²) in [6.45, 7) is 5.04. The average molecular weight is 224 g/mol. The van der Waals surface area contributed by atoms with Gasteiger partial charge in [-0.1, -0.05) is 12.1 Å². The molecule has 0 saturated heterocycles. The molecule has 4 heteroatoms. The van der Waals surface area contributed by atoms with Crippen LogP contribution in [-0.2, 0) is 0 Å². The molecule has 0 N–H and O–H groups in total. The van der Waals surface area contributed by atoms with Crippen LogP contribution in [0.4, 0.5) is 14.9 Å². The number of hydrogen-bond acceptors (Lipinski definition) is 1. The molecule has 1 aromatic rings. The van der Waals surface area contributed by atoms with E-state index >= 15 is 0 Å². The summed E-state index contributed by atoms with van der Waals surface area (Å²) in [5.74, 6) is -0.384. The lowest BCUT2D eigenvalue weighted by Crippen LogP contribution is -2.41. The van der Waals surface area contributed by atoms with Crippen LogP contribution < -0.4 is 4.90 Å². The summed E-state index contributed by atoms with van der Waals surface area (Å²) in [5, 5.41) is 0. The van der Waals surface area contributed by atoms with Gasteiger partial charge in [-0.3, -0.25) is 4.90 Å². The fourth-order valence-corrected chi connectivity index (χ4v) is 1.53. The van der Waals surface area contributed by atoms with Crippen molar-refractivity contribution in [1.82, 2.24) is 4.90 Å². The van der Waals surface area contributed by atoms with Crippen molar-refractivity contribution in [2.45, 2.75) is 13.8 Å². The maximum Gasteiger partial charge on any atom is 0.324 e. The number of carbonyl (C=O) groups excluding carboxylic acids is 1. The monoisotopic (exact) mass is 224 g/mol. The third-order valence-corrected chi connectivity index (χ3v) is 2.53. The molecule has 0 saturated carbocycles. The molecule has 0 heterocycles. The second-order valence-corrected chi connectivity index (χ2v) is 3.47. The molecule has 0 fully saturated rings. The summed E-state index contributed by atoms with van der Waals surface area (Å²) in [6.07, 6.45) is 0. The van der Waals surface area contributed by atoms with Crippen LogP contribution in [0, 0.1) is 5.82 Å². The molecule has 0 aliphatic heterocycles.